The van der Waals surface area contributed by atoms with Crippen molar-refractivity contribution in [2.45, 2.75) is 19.9 Å². The predicted octanol–water partition coefficient (Wildman–Crippen LogP) is 2.53. The first kappa shape index (κ1) is 13.6. The summed E-state index contributed by atoms with van der Waals surface area (Å²) in [6, 6.07) is 6.31. The van der Waals surface area contributed by atoms with Crippen LogP contribution in [0.3, 0.4) is 0 Å². The number of benzene rings is 1. The van der Waals surface area contributed by atoms with Crippen molar-refractivity contribution < 1.29 is 4.79 Å². The average Bonchev–Trinajstić information content (AvgIpc) is 2.32. The van der Waals surface area contributed by atoms with Crippen molar-refractivity contribution in [3.8, 4) is 0 Å². The second kappa shape index (κ2) is 5.41. The molecule has 0 spiro atoms. The summed E-state index contributed by atoms with van der Waals surface area (Å²) >= 11 is 3.48. The molecular weight excluding hydrogens is 292 g/mol. The highest BCUT2D eigenvalue weighted by Gasteiger charge is 2.25. The molecule has 18 heavy (non-hydrogen) atoms. The molecule has 1 aromatic carbocycles. The van der Waals surface area contributed by atoms with Gasteiger partial charge in [-0.05, 0) is 54.5 Å². The van der Waals surface area contributed by atoms with Gasteiger partial charge in [-0.25, -0.2) is 0 Å². The van der Waals surface area contributed by atoms with Crippen molar-refractivity contribution >= 4 is 21.8 Å². The molecule has 1 atom stereocenters. The lowest BCUT2D eigenvalue weighted by Gasteiger charge is -2.37. The quantitative estimate of drug-likeness (QED) is 0.796. The van der Waals surface area contributed by atoms with Crippen LogP contribution in [0, 0.1) is 6.92 Å². The van der Waals surface area contributed by atoms with Gasteiger partial charge in [-0.3, -0.25) is 4.79 Å². The Morgan fingerprint density at radius 2 is 2.11 bits per heavy atom. The van der Waals surface area contributed by atoms with E-state index >= 15 is 0 Å². The monoisotopic (exact) mass is 310 g/mol. The number of aryl methyl sites for hydroxylation is 1. The lowest BCUT2D eigenvalue weighted by atomic mass is 10.1. The first-order valence-electron chi connectivity index (χ1n) is 6.24. The van der Waals surface area contributed by atoms with E-state index in [4.69, 9.17) is 0 Å². The van der Waals surface area contributed by atoms with Gasteiger partial charge < -0.3 is 9.80 Å². The largest absolute Gasteiger partial charge is 0.336 e. The number of rotatable bonds is 1. The third-order valence-electron chi connectivity index (χ3n) is 3.60. The highest BCUT2D eigenvalue weighted by Crippen LogP contribution is 2.21. The standard InChI is InChI=1S/C14H19BrN2O/c1-10-4-5-12(13(15)8-10)14(18)17-7-6-16(3)11(2)9-17/h4-5,8,11H,6-7,9H2,1-3H3. The molecule has 1 aliphatic heterocycles. The Morgan fingerprint density at radius 1 is 1.39 bits per heavy atom. The zero-order valence-electron chi connectivity index (χ0n) is 11.1. The van der Waals surface area contributed by atoms with Crippen LogP contribution in [0.5, 0.6) is 0 Å². The minimum Gasteiger partial charge on any atom is -0.336 e. The van der Waals surface area contributed by atoms with E-state index in [1.54, 1.807) is 0 Å². The number of likely N-dealkylation sites (N-methyl/N-ethyl adjacent to an activating group) is 1. The molecule has 3 nitrogen and oxygen atoms in total. The SMILES string of the molecule is Cc1ccc(C(=O)N2CCN(C)C(C)C2)c(Br)c1. The number of hydrogen-bond donors (Lipinski definition) is 0. The summed E-state index contributed by atoms with van der Waals surface area (Å²) in [6.45, 7) is 6.73. The fourth-order valence-corrected chi connectivity index (χ4v) is 2.86. The lowest BCUT2D eigenvalue weighted by Crippen LogP contribution is -2.52. The van der Waals surface area contributed by atoms with E-state index < -0.39 is 0 Å². The summed E-state index contributed by atoms with van der Waals surface area (Å²) in [7, 11) is 2.11. The normalized spacial score (nSPS) is 21.1. The van der Waals surface area contributed by atoms with Crippen molar-refractivity contribution in [3.05, 3.63) is 33.8 Å². The molecule has 0 N–H and O–H groups in total. The molecule has 1 aliphatic rings. The van der Waals surface area contributed by atoms with Crippen molar-refractivity contribution in [1.82, 2.24) is 9.80 Å². The first-order chi connectivity index (χ1) is 8.49. The van der Waals surface area contributed by atoms with Crippen LogP contribution >= 0.6 is 15.9 Å². The van der Waals surface area contributed by atoms with Crippen LogP contribution in [0.4, 0.5) is 0 Å². The van der Waals surface area contributed by atoms with Crippen molar-refractivity contribution in [3.63, 3.8) is 0 Å². The number of nitrogens with zero attached hydrogens (tertiary/aromatic N) is 2. The van der Waals surface area contributed by atoms with Crippen LogP contribution in [0.2, 0.25) is 0 Å². The summed E-state index contributed by atoms with van der Waals surface area (Å²) in [5.41, 5.74) is 1.92. The average molecular weight is 311 g/mol. The van der Waals surface area contributed by atoms with Gasteiger partial charge in [-0.15, -0.1) is 0 Å². The van der Waals surface area contributed by atoms with Crippen LogP contribution in [-0.2, 0) is 0 Å². The zero-order chi connectivity index (χ0) is 13.3. The molecule has 98 valence electrons. The molecule has 1 amide bonds. The Hall–Kier alpha value is -0.870. The Kier molecular flexibility index (Phi) is 4.07. The molecule has 0 aliphatic carbocycles. The molecule has 1 aromatic rings. The molecular formula is C14H19BrN2O. The second-order valence-corrected chi connectivity index (χ2v) is 5.92. The Morgan fingerprint density at radius 3 is 2.72 bits per heavy atom. The number of amides is 1. The Labute approximate surface area is 117 Å². The second-order valence-electron chi connectivity index (χ2n) is 5.06. The predicted molar refractivity (Wildman–Crippen MR) is 76.9 cm³/mol. The van der Waals surface area contributed by atoms with Gasteiger partial charge >= 0.3 is 0 Å². The Balaban J connectivity index is 2.16. The smallest absolute Gasteiger partial charge is 0.255 e. The van der Waals surface area contributed by atoms with Gasteiger partial charge in [-0.1, -0.05) is 6.07 Å². The van der Waals surface area contributed by atoms with Crippen molar-refractivity contribution in [2.24, 2.45) is 0 Å². The van der Waals surface area contributed by atoms with E-state index in [2.05, 4.69) is 34.8 Å². The van der Waals surface area contributed by atoms with E-state index in [1.165, 1.54) is 0 Å². The molecule has 1 saturated heterocycles. The summed E-state index contributed by atoms with van der Waals surface area (Å²) in [5, 5.41) is 0. The zero-order valence-corrected chi connectivity index (χ0v) is 12.7. The Bertz CT molecular complexity index is 461. The maximum atomic E-state index is 12.5. The van der Waals surface area contributed by atoms with E-state index in [0.29, 0.717) is 6.04 Å². The van der Waals surface area contributed by atoms with Crippen LogP contribution in [0.1, 0.15) is 22.8 Å². The summed E-state index contributed by atoms with van der Waals surface area (Å²) in [5.74, 6) is 0.127. The van der Waals surface area contributed by atoms with Crippen molar-refractivity contribution in [1.29, 1.82) is 0 Å². The van der Waals surface area contributed by atoms with Gasteiger partial charge in [0, 0.05) is 30.1 Å². The molecule has 2 rings (SSSR count). The van der Waals surface area contributed by atoms with Crippen LogP contribution < -0.4 is 0 Å². The topological polar surface area (TPSA) is 23.6 Å². The fraction of sp³-hybridized carbons (Fsp3) is 0.500. The molecule has 1 heterocycles. The highest BCUT2D eigenvalue weighted by atomic mass is 79.9. The van der Waals surface area contributed by atoms with E-state index in [0.717, 1.165) is 35.2 Å². The van der Waals surface area contributed by atoms with Gasteiger partial charge in [0.2, 0.25) is 0 Å². The van der Waals surface area contributed by atoms with E-state index in [9.17, 15) is 4.79 Å². The maximum absolute atomic E-state index is 12.5. The lowest BCUT2D eigenvalue weighted by molar-refractivity contribution is 0.0571. The minimum absolute atomic E-state index is 0.127. The number of halogens is 1. The third kappa shape index (κ3) is 2.75. The fourth-order valence-electron chi connectivity index (χ4n) is 2.20. The number of piperazine rings is 1. The van der Waals surface area contributed by atoms with Gasteiger partial charge in [0.05, 0.1) is 5.56 Å². The molecule has 1 unspecified atom stereocenters. The molecule has 1 fully saturated rings. The van der Waals surface area contributed by atoms with Crippen LogP contribution in [0.15, 0.2) is 22.7 Å². The van der Waals surface area contributed by atoms with Gasteiger partial charge in [0.15, 0.2) is 0 Å². The highest BCUT2D eigenvalue weighted by molar-refractivity contribution is 9.10. The molecule has 0 radical (unpaired) electrons. The molecule has 0 aromatic heterocycles. The molecule has 0 bridgehead atoms. The summed E-state index contributed by atoms with van der Waals surface area (Å²) < 4.78 is 0.888. The van der Waals surface area contributed by atoms with Crippen molar-refractivity contribution in [2.75, 3.05) is 26.7 Å². The minimum atomic E-state index is 0.127. The van der Waals surface area contributed by atoms with Gasteiger partial charge in [0.1, 0.15) is 0 Å². The van der Waals surface area contributed by atoms with Crippen LogP contribution in [0.25, 0.3) is 0 Å². The third-order valence-corrected chi connectivity index (χ3v) is 4.26. The first-order valence-corrected chi connectivity index (χ1v) is 7.04. The number of carbonyl (C=O) groups is 1. The van der Waals surface area contributed by atoms with Gasteiger partial charge in [-0.2, -0.15) is 0 Å². The summed E-state index contributed by atoms with van der Waals surface area (Å²) in [6.07, 6.45) is 0. The number of hydrogen-bond acceptors (Lipinski definition) is 2. The molecule has 4 heteroatoms. The van der Waals surface area contributed by atoms with E-state index in [-0.39, 0.29) is 5.91 Å². The van der Waals surface area contributed by atoms with E-state index in [1.807, 2.05) is 30.0 Å². The summed E-state index contributed by atoms with van der Waals surface area (Å²) in [4.78, 5) is 16.7. The van der Waals surface area contributed by atoms with Crippen LogP contribution in [-0.4, -0.2) is 48.4 Å². The number of carbonyl (C=O) groups excluding carboxylic acids is 1. The maximum Gasteiger partial charge on any atom is 0.255 e. The molecule has 0 saturated carbocycles. The van der Waals surface area contributed by atoms with Gasteiger partial charge in [0.25, 0.3) is 5.91 Å².